The third-order valence-corrected chi connectivity index (χ3v) is 4.23. The Morgan fingerprint density at radius 3 is 2.54 bits per heavy atom. The molecule has 0 aromatic heterocycles. The van der Waals surface area contributed by atoms with Crippen molar-refractivity contribution < 1.29 is 27.1 Å². The van der Waals surface area contributed by atoms with Crippen molar-refractivity contribution in [3.05, 3.63) is 35.1 Å². The number of amides is 1. The molecule has 1 aromatic carbocycles. The lowest BCUT2D eigenvalue weighted by molar-refractivity contribution is -0.137. The van der Waals surface area contributed by atoms with Crippen LogP contribution in [-0.2, 0) is 10.9 Å². The van der Waals surface area contributed by atoms with E-state index in [2.05, 4.69) is 10.6 Å². The van der Waals surface area contributed by atoms with Gasteiger partial charge in [-0.3, -0.25) is 4.79 Å². The monoisotopic (exact) mass is 348 g/mol. The number of piperidine rings is 1. The number of hydrogen-bond acceptors (Lipinski definition) is 3. The van der Waals surface area contributed by atoms with Crippen molar-refractivity contribution in [3.63, 3.8) is 0 Å². The Hall–Kier alpha value is -1.67. The smallest absolute Gasteiger partial charge is 0.384 e. The minimum absolute atomic E-state index is 0.263. The minimum Gasteiger partial charge on any atom is -0.384 e. The van der Waals surface area contributed by atoms with Crippen LogP contribution in [-0.4, -0.2) is 39.3 Å². The van der Waals surface area contributed by atoms with Gasteiger partial charge in [0, 0.05) is 24.6 Å². The Labute approximate surface area is 137 Å². The van der Waals surface area contributed by atoms with Crippen LogP contribution in [0.4, 0.5) is 17.6 Å². The Balaban J connectivity index is 2.10. The number of hydrogen-bond donors (Lipinski definition) is 2. The summed E-state index contributed by atoms with van der Waals surface area (Å²) in [4.78, 5) is 12.2. The van der Waals surface area contributed by atoms with E-state index >= 15 is 0 Å². The molecule has 8 heteroatoms. The van der Waals surface area contributed by atoms with Gasteiger partial charge in [0.2, 0.25) is 0 Å². The topological polar surface area (TPSA) is 50.4 Å². The standard InChI is InChI=1S/C16H20F4N2O2/c1-24-10-15(2-4-21-5-3-15)9-22-14(23)11-6-12(16(18,19)20)8-13(17)7-11/h6-8,21H,2-5,9-10H2,1H3,(H,22,23). The molecule has 0 saturated carbocycles. The summed E-state index contributed by atoms with van der Waals surface area (Å²) in [5, 5.41) is 5.83. The van der Waals surface area contributed by atoms with Crippen LogP contribution >= 0.6 is 0 Å². The predicted octanol–water partition coefficient (Wildman–Crippen LogP) is 2.59. The molecule has 2 rings (SSSR count). The van der Waals surface area contributed by atoms with Gasteiger partial charge in [0.15, 0.2) is 0 Å². The van der Waals surface area contributed by atoms with Crippen LogP contribution in [0.25, 0.3) is 0 Å². The van der Waals surface area contributed by atoms with Crippen LogP contribution in [0.5, 0.6) is 0 Å². The first-order valence-corrected chi connectivity index (χ1v) is 7.61. The highest BCUT2D eigenvalue weighted by Crippen LogP contribution is 2.31. The van der Waals surface area contributed by atoms with Crippen molar-refractivity contribution in [2.45, 2.75) is 19.0 Å². The molecule has 1 aliphatic rings. The van der Waals surface area contributed by atoms with E-state index in [1.54, 1.807) is 7.11 Å². The molecule has 0 atom stereocenters. The van der Waals surface area contributed by atoms with Gasteiger partial charge in [-0.25, -0.2) is 4.39 Å². The van der Waals surface area contributed by atoms with Gasteiger partial charge >= 0.3 is 6.18 Å². The molecule has 1 heterocycles. The highest BCUT2D eigenvalue weighted by atomic mass is 19.4. The largest absolute Gasteiger partial charge is 0.416 e. The molecule has 1 amide bonds. The van der Waals surface area contributed by atoms with E-state index in [9.17, 15) is 22.4 Å². The first kappa shape index (κ1) is 18.7. The Bertz CT molecular complexity index is 578. The molecule has 2 N–H and O–H groups in total. The lowest BCUT2D eigenvalue weighted by Crippen LogP contribution is -2.47. The summed E-state index contributed by atoms with van der Waals surface area (Å²) >= 11 is 0. The maximum absolute atomic E-state index is 13.4. The van der Waals surface area contributed by atoms with Gasteiger partial charge in [0.25, 0.3) is 5.91 Å². The Kier molecular flexibility index (Phi) is 5.82. The number of benzene rings is 1. The third-order valence-electron chi connectivity index (χ3n) is 4.23. The van der Waals surface area contributed by atoms with Crippen molar-refractivity contribution in [1.29, 1.82) is 0 Å². The molecule has 1 saturated heterocycles. The molecule has 24 heavy (non-hydrogen) atoms. The average molecular weight is 348 g/mol. The molecule has 0 aliphatic carbocycles. The summed E-state index contributed by atoms with van der Waals surface area (Å²) in [5.74, 6) is -1.82. The van der Waals surface area contributed by atoms with Crippen LogP contribution in [0.2, 0.25) is 0 Å². The number of methoxy groups -OCH3 is 1. The number of alkyl halides is 3. The van der Waals surface area contributed by atoms with Crippen LogP contribution in [0.1, 0.15) is 28.8 Å². The normalized spacial score (nSPS) is 17.5. The van der Waals surface area contributed by atoms with Gasteiger partial charge in [-0.1, -0.05) is 0 Å². The van der Waals surface area contributed by atoms with E-state index in [0.717, 1.165) is 32.0 Å². The third kappa shape index (κ3) is 4.67. The first-order chi connectivity index (χ1) is 11.3. The van der Waals surface area contributed by atoms with Crippen LogP contribution in [0.15, 0.2) is 18.2 Å². The summed E-state index contributed by atoms with van der Waals surface area (Å²) in [7, 11) is 1.56. The zero-order valence-electron chi connectivity index (χ0n) is 13.3. The molecule has 4 nitrogen and oxygen atoms in total. The molecule has 0 radical (unpaired) electrons. The van der Waals surface area contributed by atoms with Gasteiger partial charge in [0.05, 0.1) is 12.2 Å². The molecule has 1 fully saturated rings. The van der Waals surface area contributed by atoms with Crippen LogP contribution in [0, 0.1) is 11.2 Å². The lowest BCUT2D eigenvalue weighted by atomic mass is 9.79. The highest BCUT2D eigenvalue weighted by molar-refractivity contribution is 5.94. The maximum Gasteiger partial charge on any atom is 0.416 e. The van der Waals surface area contributed by atoms with Crippen molar-refractivity contribution >= 4 is 5.91 Å². The van der Waals surface area contributed by atoms with Gasteiger partial charge < -0.3 is 15.4 Å². The summed E-state index contributed by atoms with van der Waals surface area (Å²) < 4.78 is 56.8. The van der Waals surface area contributed by atoms with Crippen molar-refractivity contribution in [2.75, 3.05) is 33.4 Å². The number of halogens is 4. The molecule has 0 unspecified atom stereocenters. The average Bonchev–Trinajstić information content (AvgIpc) is 2.52. The molecule has 0 spiro atoms. The summed E-state index contributed by atoms with van der Waals surface area (Å²) in [5.41, 5.74) is -1.79. The zero-order valence-corrected chi connectivity index (χ0v) is 13.3. The molecule has 1 aromatic rings. The van der Waals surface area contributed by atoms with E-state index in [1.165, 1.54) is 0 Å². The zero-order chi connectivity index (χ0) is 17.8. The predicted molar refractivity (Wildman–Crippen MR) is 80.1 cm³/mol. The fraction of sp³-hybridized carbons (Fsp3) is 0.562. The SMILES string of the molecule is COCC1(CNC(=O)c2cc(F)cc(C(F)(F)F)c2)CCNCC1. The fourth-order valence-corrected chi connectivity index (χ4v) is 2.89. The fourth-order valence-electron chi connectivity index (χ4n) is 2.89. The number of rotatable bonds is 5. The van der Waals surface area contributed by atoms with E-state index in [1.807, 2.05) is 0 Å². The van der Waals surface area contributed by atoms with Crippen molar-refractivity contribution in [1.82, 2.24) is 10.6 Å². The number of nitrogens with one attached hydrogen (secondary N) is 2. The molecule has 0 bridgehead atoms. The van der Waals surface area contributed by atoms with Gasteiger partial charge in [0.1, 0.15) is 5.82 Å². The van der Waals surface area contributed by atoms with Gasteiger partial charge in [-0.05, 0) is 44.1 Å². The first-order valence-electron chi connectivity index (χ1n) is 7.61. The van der Waals surface area contributed by atoms with Crippen LogP contribution < -0.4 is 10.6 Å². The van der Waals surface area contributed by atoms with E-state index in [0.29, 0.717) is 18.7 Å². The number of carbonyl (C=O) groups excluding carboxylic acids is 1. The van der Waals surface area contributed by atoms with E-state index < -0.39 is 23.5 Å². The van der Waals surface area contributed by atoms with Gasteiger partial charge in [-0.15, -0.1) is 0 Å². The number of ether oxygens (including phenoxy) is 1. The summed E-state index contributed by atoms with van der Waals surface area (Å²) in [6.45, 7) is 2.25. The molecular weight excluding hydrogens is 328 g/mol. The molecular formula is C16H20F4N2O2. The van der Waals surface area contributed by atoms with E-state index in [4.69, 9.17) is 4.74 Å². The lowest BCUT2D eigenvalue weighted by Gasteiger charge is -2.37. The highest BCUT2D eigenvalue weighted by Gasteiger charge is 2.34. The van der Waals surface area contributed by atoms with E-state index in [-0.39, 0.29) is 17.5 Å². The number of carbonyl (C=O) groups is 1. The Morgan fingerprint density at radius 2 is 1.96 bits per heavy atom. The van der Waals surface area contributed by atoms with Crippen LogP contribution in [0.3, 0.4) is 0 Å². The van der Waals surface area contributed by atoms with Gasteiger partial charge in [-0.2, -0.15) is 13.2 Å². The quantitative estimate of drug-likeness (QED) is 0.805. The minimum atomic E-state index is -4.70. The second-order valence-electron chi connectivity index (χ2n) is 6.09. The Morgan fingerprint density at radius 1 is 1.29 bits per heavy atom. The van der Waals surface area contributed by atoms with Crippen molar-refractivity contribution in [2.24, 2.45) is 5.41 Å². The maximum atomic E-state index is 13.4. The second-order valence-corrected chi connectivity index (χ2v) is 6.09. The van der Waals surface area contributed by atoms with Crippen molar-refractivity contribution in [3.8, 4) is 0 Å². The second kappa shape index (κ2) is 7.48. The molecule has 1 aliphatic heterocycles. The summed E-state index contributed by atoms with van der Waals surface area (Å²) in [6.07, 6.45) is -3.15. The molecule has 134 valence electrons. The summed E-state index contributed by atoms with van der Waals surface area (Å²) in [6, 6.07) is 1.83.